The lowest BCUT2D eigenvalue weighted by atomic mass is 10.1. The smallest absolute Gasteiger partial charge is 0.402 e. The number of amidine groups is 1. The minimum Gasteiger partial charge on any atom is -0.489 e. The largest absolute Gasteiger partial charge is 0.489 e. The van der Waals surface area contributed by atoms with Crippen molar-refractivity contribution in [3.63, 3.8) is 0 Å². The van der Waals surface area contributed by atoms with E-state index in [2.05, 4.69) is 5.16 Å². The Morgan fingerprint density at radius 1 is 1.47 bits per heavy atom. The van der Waals surface area contributed by atoms with Crippen molar-refractivity contribution in [2.75, 3.05) is 6.61 Å². The SMILES string of the molecule is Cc1ccc(F)c(OCC(/C(N)=N/O)C(F)(F)F)c1. The van der Waals surface area contributed by atoms with Gasteiger partial charge < -0.3 is 15.7 Å². The van der Waals surface area contributed by atoms with Crippen LogP contribution in [0.4, 0.5) is 17.6 Å². The Balaban J connectivity index is 2.85. The molecule has 0 aliphatic carbocycles. The van der Waals surface area contributed by atoms with Gasteiger partial charge in [0.25, 0.3) is 0 Å². The van der Waals surface area contributed by atoms with Crippen LogP contribution in [0.3, 0.4) is 0 Å². The van der Waals surface area contributed by atoms with Gasteiger partial charge in [-0.15, -0.1) is 0 Å². The average Bonchev–Trinajstić information content (AvgIpc) is 2.31. The summed E-state index contributed by atoms with van der Waals surface area (Å²) in [5.41, 5.74) is 5.57. The summed E-state index contributed by atoms with van der Waals surface area (Å²) in [6.45, 7) is 0.664. The predicted molar refractivity (Wildman–Crippen MR) is 59.6 cm³/mol. The molecule has 0 aromatic heterocycles. The van der Waals surface area contributed by atoms with Crippen LogP contribution < -0.4 is 10.5 Å². The number of nitrogens with zero attached hydrogens (tertiary/aromatic N) is 1. The summed E-state index contributed by atoms with van der Waals surface area (Å²) in [6.07, 6.45) is -4.75. The summed E-state index contributed by atoms with van der Waals surface area (Å²) in [5, 5.41) is 10.6. The van der Waals surface area contributed by atoms with E-state index in [-0.39, 0.29) is 5.75 Å². The van der Waals surface area contributed by atoms with Gasteiger partial charge in [0.15, 0.2) is 17.4 Å². The molecule has 0 aliphatic heterocycles. The maximum Gasteiger partial charge on any atom is 0.402 e. The summed E-state index contributed by atoms with van der Waals surface area (Å²) >= 11 is 0. The maximum atomic E-state index is 13.3. The van der Waals surface area contributed by atoms with Crippen molar-refractivity contribution < 1.29 is 27.5 Å². The molecule has 0 aliphatic rings. The fourth-order valence-electron chi connectivity index (χ4n) is 1.31. The zero-order valence-corrected chi connectivity index (χ0v) is 9.91. The molecular formula is C11H12F4N2O2. The maximum absolute atomic E-state index is 13.3. The molecule has 0 spiro atoms. The number of aryl methyl sites for hydroxylation is 1. The quantitative estimate of drug-likeness (QED) is 0.293. The molecule has 1 rings (SSSR count). The summed E-state index contributed by atoms with van der Waals surface area (Å²) < 4.78 is 55.8. The third-order valence-electron chi connectivity index (χ3n) is 2.36. The van der Waals surface area contributed by atoms with Crippen LogP contribution in [0.1, 0.15) is 5.56 Å². The Bertz CT molecular complexity index is 474. The number of ether oxygens (including phenoxy) is 1. The second-order valence-corrected chi connectivity index (χ2v) is 3.86. The van der Waals surface area contributed by atoms with Gasteiger partial charge in [-0.2, -0.15) is 13.2 Å². The number of alkyl halides is 3. The Labute approximate surface area is 106 Å². The minimum absolute atomic E-state index is 0.319. The lowest BCUT2D eigenvalue weighted by molar-refractivity contribution is -0.162. The highest BCUT2D eigenvalue weighted by atomic mass is 19.4. The van der Waals surface area contributed by atoms with Crippen LogP contribution in [0.5, 0.6) is 5.75 Å². The van der Waals surface area contributed by atoms with E-state index in [1.165, 1.54) is 12.1 Å². The zero-order chi connectivity index (χ0) is 14.6. The van der Waals surface area contributed by atoms with Gasteiger partial charge in [-0.25, -0.2) is 4.39 Å². The number of hydrogen-bond acceptors (Lipinski definition) is 3. The van der Waals surface area contributed by atoms with Gasteiger partial charge >= 0.3 is 6.18 Å². The molecule has 1 unspecified atom stereocenters. The first-order chi connectivity index (χ1) is 8.75. The van der Waals surface area contributed by atoms with Gasteiger partial charge in [0.05, 0.1) is 0 Å². The third kappa shape index (κ3) is 4.01. The Morgan fingerprint density at radius 2 is 2.11 bits per heavy atom. The monoisotopic (exact) mass is 280 g/mol. The summed E-state index contributed by atoms with van der Waals surface area (Å²) in [4.78, 5) is 0. The molecule has 1 atom stereocenters. The lowest BCUT2D eigenvalue weighted by Gasteiger charge is -2.19. The van der Waals surface area contributed by atoms with Crippen LogP contribution in [-0.4, -0.2) is 23.8 Å². The van der Waals surface area contributed by atoms with Crippen molar-refractivity contribution in [1.29, 1.82) is 0 Å². The van der Waals surface area contributed by atoms with Crippen LogP contribution in [0, 0.1) is 18.7 Å². The molecule has 0 radical (unpaired) electrons. The van der Waals surface area contributed by atoms with Crippen LogP contribution >= 0.6 is 0 Å². The molecule has 1 aromatic carbocycles. The first-order valence-corrected chi connectivity index (χ1v) is 5.18. The molecule has 0 heterocycles. The lowest BCUT2D eigenvalue weighted by Crippen LogP contribution is -2.40. The fraction of sp³-hybridized carbons (Fsp3) is 0.364. The molecule has 0 saturated carbocycles. The second kappa shape index (κ2) is 5.77. The van der Waals surface area contributed by atoms with Gasteiger partial charge in [0.1, 0.15) is 12.5 Å². The molecule has 0 fully saturated rings. The van der Waals surface area contributed by atoms with Gasteiger partial charge in [-0.05, 0) is 24.6 Å². The minimum atomic E-state index is -4.75. The number of hydrogen-bond donors (Lipinski definition) is 2. The van der Waals surface area contributed by atoms with E-state index in [4.69, 9.17) is 15.7 Å². The Morgan fingerprint density at radius 3 is 2.63 bits per heavy atom. The van der Waals surface area contributed by atoms with Crippen LogP contribution in [0.25, 0.3) is 0 Å². The van der Waals surface area contributed by atoms with Gasteiger partial charge in [-0.3, -0.25) is 0 Å². The average molecular weight is 280 g/mol. The molecule has 8 heteroatoms. The third-order valence-corrected chi connectivity index (χ3v) is 2.36. The van der Waals surface area contributed by atoms with Gasteiger partial charge in [-0.1, -0.05) is 11.2 Å². The van der Waals surface area contributed by atoms with Crippen molar-refractivity contribution in [3.8, 4) is 5.75 Å². The van der Waals surface area contributed by atoms with E-state index < -0.39 is 30.4 Å². The van der Waals surface area contributed by atoms with E-state index in [1.54, 1.807) is 6.92 Å². The van der Waals surface area contributed by atoms with E-state index in [0.717, 1.165) is 6.07 Å². The highest BCUT2D eigenvalue weighted by Gasteiger charge is 2.43. The van der Waals surface area contributed by atoms with Gasteiger partial charge in [0.2, 0.25) is 0 Å². The standard InChI is InChI=1S/C11H12F4N2O2/c1-6-2-3-8(12)9(4-6)19-5-7(10(16)17-18)11(13,14)15/h2-4,7,18H,5H2,1H3,(H2,16,17). The molecular weight excluding hydrogens is 268 g/mol. The number of nitrogens with two attached hydrogens (primary N) is 1. The van der Waals surface area contributed by atoms with Crippen LogP contribution in [0.2, 0.25) is 0 Å². The number of oxime groups is 1. The first kappa shape index (κ1) is 15.1. The summed E-state index contributed by atoms with van der Waals surface area (Å²) in [7, 11) is 0. The van der Waals surface area contributed by atoms with Crippen molar-refractivity contribution in [1.82, 2.24) is 0 Å². The Kier molecular flexibility index (Phi) is 4.57. The summed E-state index contributed by atoms with van der Waals surface area (Å²) in [6, 6.07) is 3.79. The molecule has 0 bridgehead atoms. The van der Waals surface area contributed by atoms with E-state index in [1.807, 2.05) is 0 Å². The Hall–Kier alpha value is -1.99. The highest BCUT2D eigenvalue weighted by Crippen LogP contribution is 2.28. The zero-order valence-electron chi connectivity index (χ0n) is 9.91. The predicted octanol–water partition coefficient (Wildman–Crippen LogP) is 2.44. The van der Waals surface area contributed by atoms with Gasteiger partial charge in [0, 0.05) is 0 Å². The number of halogens is 4. The van der Waals surface area contributed by atoms with Crippen molar-refractivity contribution >= 4 is 5.84 Å². The number of benzene rings is 1. The van der Waals surface area contributed by atoms with Crippen LogP contribution in [0.15, 0.2) is 23.4 Å². The van der Waals surface area contributed by atoms with Crippen molar-refractivity contribution in [2.24, 2.45) is 16.8 Å². The first-order valence-electron chi connectivity index (χ1n) is 5.18. The van der Waals surface area contributed by atoms with E-state index in [9.17, 15) is 17.6 Å². The molecule has 4 nitrogen and oxygen atoms in total. The molecule has 106 valence electrons. The normalized spacial score (nSPS) is 14.3. The van der Waals surface area contributed by atoms with E-state index in [0.29, 0.717) is 5.56 Å². The molecule has 0 saturated heterocycles. The molecule has 0 amide bonds. The number of rotatable bonds is 4. The van der Waals surface area contributed by atoms with E-state index >= 15 is 0 Å². The van der Waals surface area contributed by atoms with Crippen LogP contribution in [-0.2, 0) is 0 Å². The topological polar surface area (TPSA) is 67.8 Å². The molecule has 1 aromatic rings. The van der Waals surface area contributed by atoms with Crippen molar-refractivity contribution in [3.05, 3.63) is 29.6 Å². The fourth-order valence-corrected chi connectivity index (χ4v) is 1.31. The highest BCUT2D eigenvalue weighted by molar-refractivity contribution is 5.83. The summed E-state index contributed by atoms with van der Waals surface area (Å²) in [5.74, 6) is -4.45. The second-order valence-electron chi connectivity index (χ2n) is 3.86. The molecule has 3 N–H and O–H groups in total. The molecule has 19 heavy (non-hydrogen) atoms. The van der Waals surface area contributed by atoms with Crippen molar-refractivity contribution in [2.45, 2.75) is 13.1 Å².